The van der Waals surface area contributed by atoms with Crippen molar-refractivity contribution in [3.8, 4) is 0 Å². The van der Waals surface area contributed by atoms with Crippen molar-refractivity contribution in [2.24, 2.45) is 0 Å². The van der Waals surface area contributed by atoms with Gasteiger partial charge in [0.2, 0.25) is 5.91 Å². The van der Waals surface area contributed by atoms with Crippen molar-refractivity contribution in [2.45, 2.75) is 87.8 Å². The van der Waals surface area contributed by atoms with Crippen LogP contribution >= 0.6 is 23.5 Å². The zero-order chi connectivity index (χ0) is 48.8. The number of anilines is 1. The lowest BCUT2D eigenvalue weighted by molar-refractivity contribution is -0.697. The molecule has 24 nitrogen and oxygen atoms in total. The van der Waals surface area contributed by atoms with Crippen LogP contribution in [0.4, 0.5) is 5.69 Å². The quantitative estimate of drug-likeness (QED) is 0.0319. The van der Waals surface area contributed by atoms with Crippen LogP contribution in [0.1, 0.15) is 69.4 Å². The molecular formula is C38H51N5O19P3S+. The van der Waals surface area contributed by atoms with Crippen LogP contribution in [-0.4, -0.2) is 96.2 Å². The second kappa shape index (κ2) is 21.4. The molecule has 66 heavy (non-hydrogen) atoms. The molecule has 3 aromatic rings. The van der Waals surface area contributed by atoms with Crippen LogP contribution in [0.25, 0.3) is 12.2 Å². The maximum atomic E-state index is 12.6. The molecule has 1 saturated heterocycles. The predicted octanol–water partition coefficient (Wildman–Crippen LogP) is 2.14. The maximum absolute atomic E-state index is 12.6. The minimum Gasteiger partial charge on any atom is -0.387 e. The normalized spacial score (nSPS) is 22.2. The number of pyridine rings is 1. The number of benzene rings is 1. The SMILES string of the molecule is CCN1C(=CC=Cc2cc[n+](CCCCCC(=O)NCC=Cc3cn(C4OC(COP(=O)(O)OP(=O)(O)OP(=O)(O)O)C(O)C4O)c(=O)[nH]c3=O)cc2)C(C)(C)c2cc(S(=O)(=O)O)ccc21. The Morgan fingerprint density at radius 2 is 1.68 bits per heavy atom. The van der Waals surface area contributed by atoms with E-state index in [-0.39, 0.29) is 29.3 Å². The first-order chi connectivity index (χ1) is 30.7. The van der Waals surface area contributed by atoms with Gasteiger partial charge in [0.1, 0.15) is 24.9 Å². The van der Waals surface area contributed by atoms with Gasteiger partial charge in [-0.2, -0.15) is 17.0 Å². The molecule has 9 N–H and O–H groups in total. The van der Waals surface area contributed by atoms with Crippen molar-refractivity contribution < 1.29 is 83.7 Å². The van der Waals surface area contributed by atoms with E-state index in [4.69, 9.17) is 14.5 Å². The van der Waals surface area contributed by atoms with Gasteiger partial charge in [-0.1, -0.05) is 38.2 Å². The van der Waals surface area contributed by atoms with Crippen LogP contribution in [0.5, 0.6) is 0 Å². The number of amides is 1. The molecule has 5 rings (SSSR count). The summed E-state index contributed by atoms with van der Waals surface area (Å²) in [6, 6.07) is 8.60. The summed E-state index contributed by atoms with van der Waals surface area (Å²) >= 11 is 0. The number of aryl methyl sites for hydroxylation is 1. The molecule has 2 aliphatic heterocycles. The number of H-pyrrole nitrogens is 1. The number of ether oxygens (including phenoxy) is 1. The Morgan fingerprint density at radius 3 is 2.33 bits per heavy atom. The topological polar surface area (TPSA) is 355 Å². The molecule has 2 aromatic heterocycles. The van der Waals surface area contributed by atoms with Gasteiger partial charge in [-0.25, -0.2) is 23.1 Å². The first-order valence-electron chi connectivity index (χ1n) is 20.1. The lowest BCUT2D eigenvalue weighted by Crippen LogP contribution is -2.38. The van der Waals surface area contributed by atoms with E-state index in [1.165, 1.54) is 24.3 Å². The fourth-order valence-corrected chi connectivity index (χ4v) is 10.8. The van der Waals surface area contributed by atoms with Crippen molar-refractivity contribution in [3.05, 3.63) is 110 Å². The minimum atomic E-state index is -5.83. The number of allylic oxidation sites excluding steroid dienone is 3. The van der Waals surface area contributed by atoms with Gasteiger partial charge in [0.25, 0.3) is 15.7 Å². The third-order valence-corrected chi connectivity index (χ3v) is 15.0. The zero-order valence-electron chi connectivity index (χ0n) is 35.6. The summed E-state index contributed by atoms with van der Waals surface area (Å²) in [7, 11) is -21.4. The molecular weight excluding hydrogens is 955 g/mol. The summed E-state index contributed by atoms with van der Waals surface area (Å²) in [4.78, 5) is 77.8. The van der Waals surface area contributed by atoms with Crippen LogP contribution in [0.2, 0.25) is 0 Å². The molecule has 1 fully saturated rings. The molecule has 362 valence electrons. The van der Waals surface area contributed by atoms with Crippen molar-refractivity contribution in [1.29, 1.82) is 0 Å². The Kier molecular flexibility index (Phi) is 17.1. The minimum absolute atomic E-state index is 0.00918. The van der Waals surface area contributed by atoms with Crippen LogP contribution in [0, 0.1) is 0 Å². The lowest BCUT2D eigenvalue weighted by atomic mass is 9.83. The van der Waals surface area contributed by atoms with Crippen molar-refractivity contribution in [1.82, 2.24) is 14.9 Å². The first kappa shape index (κ1) is 52.7. The predicted molar refractivity (Wildman–Crippen MR) is 234 cm³/mol. The summed E-state index contributed by atoms with van der Waals surface area (Å²) in [5.74, 6) is -0.245. The highest BCUT2D eigenvalue weighted by atomic mass is 32.2. The van der Waals surface area contributed by atoms with Crippen molar-refractivity contribution in [2.75, 3.05) is 24.6 Å². The van der Waals surface area contributed by atoms with Crippen LogP contribution in [-0.2, 0) is 58.4 Å². The Hall–Kier alpha value is -4.26. The van der Waals surface area contributed by atoms with Crippen LogP contribution in [0.3, 0.4) is 0 Å². The van der Waals surface area contributed by atoms with E-state index < -0.39 is 81.4 Å². The molecule has 6 unspecified atom stereocenters. The number of aliphatic hydroxyl groups is 2. The number of hydrogen-bond acceptors (Lipinski definition) is 15. The zero-order valence-corrected chi connectivity index (χ0v) is 39.1. The maximum Gasteiger partial charge on any atom is 0.490 e. The van der Waals surface area contributed by atoms with Gasteiger partial charge in [-0.15, -0.1) is 0 Å². The van der Waals surface area contributed by atoms with E-state index in [1.54, 1.807) is 6.07 Å². The number of hydrogen-bond donors (Lipinski definition) is 9. The van der Waals surface area contributed by atoms with E-state index >= 15 is 0 Å². The van der Waals surface area contributed by atoms with Crippen LogP contribution in [0.15, 0.2) is 87.3 Å². The van der Waals surface area contributed by atoms with E-state index in [1.807, 2.05) is 73.1 Å². The Balaban J connectivity index is 1.04. The second-order valence-electron chi connectivity index (χ2n) is 15.5. The molecule has 1 amide bonds. The fraction of sp³-hybridized carbons (Fsp3) is 0.421. The number of rotatable bonds is 21. The number of aromatic amines is 1. The van der Waals surface area contributed by atoms with Gasteiger partial charge in [-0.3, -0.25) is 28.2 Å². The molecule has 0 aliphatic carbocycles. The van der Waals surface area contributed by atoms with Gasteiger partial charge >= 0.3 is 29.2 Å². The fourth-order valence-electron chi connectivity index (χ4n) is 7.22. The number of nitrogens with one attached hydrogen (secondary N) is 2. The third kappa shape index (κ3) is 13.9. The Morgan fingerprint density at radius 1 is 0.985 bits per heavy atom. The highest BCUT2D eigenvalue weighted by Crippen LogP contribution is 2.66. The molecule has 4 heterocycles. The Bertz CT molecular complexity index is 2740. The summed E-state index contributed by atoms with van der Waals surface area (Å²) in [5.41, 5.74) is 1.09. The number of phosphoric acid groups is 3. The number of likely N-dealkylation sites (N-methyl/N-ethyl adjacent to an activating group) is 1. The second-order valence-corrected chi connectivity index (χ2v) is 21.3. The standard InChI is InChI=1S/C38H50N5O19P3S/c1-4-42-29-15-14-27(66(56,57)58)22-28(29)38(2,3)31(42)12-8-10-25-16-20-41(21-17-25)19-7-5-6-13-32(44)39-18-9-11-26-23-43(37(48)40-35(26)47)36-34(46)33(45)30(60-36)24-59-64(52,53)62-65(54,55)61-63(49,50)51/h8-12,14-17,20-23,30,33-34,36,45-46H,4-7,13,18-19,24H2,1-3H3,(H6-,39,40,44,47,48,49,50,51,52,53,54,55,56,57,58)/p+1. The molecule has 6 atom stereocenters. The summed E-state index contributed by atoms with van der Waals surface area (Å²) in [6.45, 7) is 6.31. The van der Waals surface area contributed by atoms with Crippen molar-refractivity contribution >= 4 is 57.3 Å². The van der Waals surface area contributed by atoms with Gasteiger partial charge in [0, 0.05) is 61.1 Å². The molecule has 0 spiro atoms. The first-order valence-corrected chi connectivity index (χ1v) is 26.0. The average molecular weight is 1010 g/mol. The molecule has 1 aromatic carbocycles. The number of phosphoric ester groups is 1. The van der Waals surface area contributed by atoms with Gasteiger partial charge in [0.15, 0.2) is 18.6 Å². The highest BCUT2D eigenvalue weighted by molar-refractivity contribution is 7.85. The summed E-state index contributed by atoms with van der Waals surface area (Å²) in [5, 5.41) is 23.7. The van der Waals surface area contributed by atoms with Gasteiger partial charge in [-0.05, 0) is 55.2 Å². The van der Waals surface area contributed by atoms with E-state index in [9.17, 15) is 61.0 Å². The largest absolute Gasteiger partial charge is 0.490 e. The third-order valence-electron chi connectivity index (χ3n) is 10.4. The van der Waals surface area contributed by atoms with Crippen molar-refractivity contribution in [3.63, 3.8) is 0 Å². The average Bonchev–Trinajstić information content (AvgIpc) is 3.61. The van der Waals surface area contributed by atoms with E-state index in [2.05, 4.69) is 23.4 Å². The number of aliphatic hydroxyl groups excluding tert-OH is 2. The molecule has 28 heteroatoms. The number of carbonyl (C=O) groups is 1. The number of carbonyl (C=O) groups excluding carboxylic acids is 1. The number of fused-ring (bicyclic) bond motifs is 1. The molecule has 2 aliphatic rings. The number of unbranched alkanes of at least 4 members (excludes halogenated alkanes) is 2. The summed E-state index contributed by atoms with van der Waals surface area (Å²) < 4.78 is 87.4. The van der Waals surface area contributed by atoms with Crippen LogP contribution < -0.4 is 26.0 Å². The van der Waals surface area contributed by atoms with Gasteiger partial charge < -0.3 is 44.7 Å². The summed E-state index contributed by atoms with van der Waals surface area (Å²) in [6.07, 6.45) is 8.77. The monoisotopic (exact) mass is 1010 g/mol. The van der Waals surface area contributed by atoms with Gasteiger partial charge in [0.05, 0.1) is 17.1 Å². The molecule has 0 saturated carbocycles. The van der Waals surface area contributed by atoms with E-state index in [0.29, 0.717) is 17.5 Å². The molecule has 0 radical (unpaired) electrons. The Labute approximate surface area is 377 Å². The highest BCUT2D eigenvalue weighted by Gasteiger charge is 2.47. The lowest BCUT2D eigenvalue weighted by Gasteiger charge is -2.25. The number of nitrogens with zero attached hydrogens (tertiary/aromatic N) is 3. The number of aromatic nitrogens is 3. The van der Waals surface area contributed by atoms with E-state index in [0.717, 1.165) is 48.1 Å². The smallest absolute Gasteiger partial charge is 0.387 e. The molecule has 0 bridgehead atoms.